The summed E-state index contributed by atoms with van der Waals surface area (Å²) in [5, 5.41) is 0. The minimum absolute atomic E-state index is 0.386. The van der Waals surface area contributed by atoms with E-state index in [4.69, 9.17) is 4.74 Å². The van der Waals surface area contributed by atoms with E-state index in [1.165, 1.54) is 0 Å². The second-order valence-electron chi connectivity index (χ2n) is 3.91. The van der Waals surface area contributed by atoms with Gasteiger partial charge in [-0.25, -0.2) is 17.6 Å². The van der Waals surface area contributed by atoms with Gasteiger partial charge in [0.05, 0.1) is 5.56 Å². The molecule has 2 rings (SSSR count). The monoisotopic (exact) mass is 284 g/mol. The first-order chi connectivity index (χ1) is 9.47. The predicted molar refractivity (Wildman–Crippen MR) is 62.5 cm³/mol. The highest BCUT2D eigenvalue weighted by Crippen LogP contribution is 2.18. The molecule has 2 nitrogen and oxygen atoms in total. The van der Waals surface area contributed by atoms with E-state index >= 15 is 0 Å². The summed E-state index contributed by atoms with van der Waals surface area (Å²) in [5.74, 6) is -4.72. The van der Waals surface area contributed by atoms with Gasteiger partial charge in [0, 0.05) is 12.1 Å². The van der Waals surface area contributed by atoms with Gasteiger partial charge in [-0.05, 0) is 24.3 Å². The molecule has 0 amide bonds. The molecule has 0 aromatic heterocycles. The number of carbonyl (C=O) groups excluding carboxylic acids is 1. The zero-order valence-corrected chi connectivity index (χ0v) is 10.00. The zero-order valence-electron chi connectivity index (χ0n) is 10.00. The lowest BCUT2D eigenvalue weighted by Crippen LogP contribution is -2.14. The van der Waals surface area contributed by atoms with Gasteiger partial charge < -0.3 is 4.74 Å². The van der Waals surface area contributed by atoms with E-state index in [0.29, 0.717) is 6.07 Å². The van der Waals surface area contributed by atoms with Crippen molar-refractivity contribution in [3.8, 4) is 5.75 Å². The van der Waals surface area contributed by atoms with Crippen molar-refractivity contribution >= 4 is 5.78 Å². The van der Waals surface area contributed by atoms with Gasteiger partial charge in [-0.2, -0.15) is 0 Å². The lowest BCUT2D eigenvalue weighted by atomic mass is 10.1. The minimum Gasteiger partial charge on any atom is -0.482 e. The summed E-state index contributed by atoms with van der Waals surface area (Å²) in [5.41, 5.74) is -0.386. The van der Waals surface area contributed by atoms with Crippen LogP contribution in [0, 0.1) is 23.3 Å². The van der Waals surface area contributed by atoms with Gasteiger partial charge in [0.2, 0.25) is 5.78 Å². The van der Waals surface area contributed by atoms with Crippen LogP contribution in [0.3, 0.4) is 0 Å². The van der Waals surface area contributed by atoms with Crippen LogP contribution >= 0.6 is 0 Å². The van der Waals surface area contributed by atoms with Crippen molar-refractivity contribution in [3.63, 3.8) is 0 Å². The summed E-state index contributed by atoms with van der Waals surface area (Å²) in [6, 6.07) is 4.92. The molecule has 0 aliphatic carbocycles. The normalized spacial score (nSPS) is 10.4. The number of rotatable bonds is 4. The molecule has 2 aromatic carbocycles. The Morgan fingerprint density at radius 2 is 1.55 bits per heavy atom. The lowest BCUT2D eigenvalue weighted by Gasteiger charge is -2.07. The Morgan fingerprint density at radius 1 is 0.900 bits per heavy atom. The van der Waals surface area contributed by atoms with Gasteiger partial charge >= 0.3 is 0 Å². The molecule has 2 aromatic rings. The SMILES string of the molecule is O=C(COc1cc(F)ccc1F)c1ccc(F)cc1F. The van der Waals surface area contributed by atoms with Crippen LogP contribution in [0.2, 0.25) is 0 Å². The Labute approximate surface area is 111 Å². The number of benzene rings is 2. The topological polar surface area (TPSA) is 26.3 Å². The predicted octanol–water partition coefficient (Wildman–Crippen LogP) is 3.50. The van der Waals surface area contributed by atoms with Crippen molar-refractivity contribution in [3.05, 3.63) is 65.2 Å². The third-order valence-corrected chi connectivity index (χ3v) is 2.48. The third-order valence-electron chi connectivity index (χ3n) is 2.48. The fourth-order valence-electron chi connectivity index (χ4n) is 1.52. The van der Waals surface area contributed by atoms with Crippen LogP contribution in [0.5, 0.6) is 5.75 Å². The number of ether oxygens (including phenoxy) is 1. The maximum atomic E-state index is 13.3. The second kappa shape index (κ2) is 5.73. The molecule has 0 radical (unpaired) electrons. The number of Topliss-reactive ketones (excluding diaryl/α,β-unsaturated/α-hetero) is 1. The first kappa shape index (κ1) is 14.0. The molecule has 0 bridgehead atoms. The maximum absolute atomic E-state index is 13.3. The summed E-state index contributed by atoms with van der Waals surface area (Å²) in [4.78, 5) is 11.6. The van der Waals surface area contributed by atoms with E-state index in [1.54, 1.807) is 0 Å². The Kier molecular flexibility index (Phi) is 4.02. The van der Waals surface area contributed by atoms with Crippen LogP contribution in [0.15, 0.2) is 36.4 Å². The highest BCUT2D eigenvalue weighted by Gasteiger charge is 2.14. The number of hydrogen-bond acceptors (Lipinski definition) is 2. The van der Waals surface area contributed by atoms with Gasteiger partial charge in [0.15, 0.2) is 18.2 Å². The Hall–Kier alpha value is -2.37. The van der Waals surface area contributed by atoms with Crippen LogP contribution in [0.1, 0.15) is 10.4 Å². The highest BCUT2D eigenvalue weighted by atomic mass is 19.1. The van der Waals surface area contributed by atoms with Crippen LogP contribution in [0.4, 0.5) is 17.6 Å². The van der Waals surface area contributed by atoms with Crippen molar-refractivity contribution in [2.75, 3.05) is 6.61 Å². The summed E-state index contributed by atoms with van der Waals surface area (Å²) in [7, 11) is 0. The average molecular weight is 284 g/mol. The Morgan fingerprint density at radius 3 is 2.25 bits per heavy atom. The van der Waals surface area contributed by atoms with E-state index in [-0.39, 0.29) is 5.56 Å². The van der Waals surface area contributed by atoms with Gasteiger partial charge in [0.25, 0.3) is 0 Å². The van der Waals surface area contributed by atoms with Crippen molar-refractivity contribution in [2.24, 2.45) is 0 Å². The van der Waals surface area contributed by atoms with Gasteiger partial charge in [0.1, 0.15) is 17.5 Å². The lowest BCUT2D eigenvalue weighted by molar-refractivity contribution is 0.0914. The molecule has 0 atom stereocenters. The molecular weight excluding hydrogens is 276 g/mol. The second-order valence-corrected chi connectivity index (χ2v) is 3.91. The molecular formula is C14H8F4O2. The first-order valence-electron chi connectivity index (χ1n) is 5.53. The van der Waals surface area contributed by atoms with E-state index in [9.17, 15) is 22.4 Å². The van der Waals surface area contributed by atoms with Gasteiger partial charge in [-0.15, -0.1) is 0 Å². The molecule has 0 heterocycles. The molecule has 20 heavy (non-hydrogen) atoms. The summed E-state index contributed by atoms with van der Waals surface area (Å²) in [6.45, 7) is -0.692. The molecule has 0 unspecified atom stereocenters. The van der Waals surface area contributed by atoms with Crippen LogP contribution in [-0.4, -0.2) is 12.4 Å². The number of carbonyl (C=O) groups is 1. The Bertz CT molecular complexity index is 656. The summed E-state index contributed by atoms with van der Waals surface area (Å²) >= 11 is 0. The van der Waals surface area contributed by atoms with E-state index < -0.39 is 41.4 Å². The van der Waals surface area contributed by atoms with Crippen molar-refractivity contribution in [1.82, 2.24) is 0 Å². The number of ketones is 1. The van der Waals surface area contributed by atoms with E-state index in [0.717, 1.165) is 30.3 Å². The van der Waals surface area contributed by atoms with Gasteiger partial charge in [-0.3, -0.25) is 4.79 Å². The summed E-state index contributed by atoms with van der Waals surface area (Å²) < 4.78 is 56.9. The first-order valence-corrected chi connectivity index (χ1v) is 5.53. The molecule has 0 fully saturated rings. The van der Waals surface area contributed by atoms with Crippen LogP contribution in [-0.2, 0) is 0 Å². The van der Waals surface area contributed by atoms with Crippen molar-refractivity contribution in [2.45, 2.75) is 0 Å². The van der Waals surface area contributed by atoms with Crippen molar-refractivity contribution < 1.29 is 27.1 Å². The standard InChI is InChI=1S/C14H8F4O2/c15-8-1-3-10(12(18)5-8)13(19)7-20-14-6-9(16)2-4-11(14)17/h1-6H,7H2. The van der Waals surface area contributed by atoms with Crippen molar-refractivity contribution in [1.29, 1.82) is 0 Å². The minimum atomic E-state index is -1.04. The largest absolute Gasteiger partial charge is 0.482 e. The fourth-order valence-corrected chi connectivity index (χ4v) is 1.52. The number of halogens is 4. The quantitative estimate of drug-likeness (QED) is 0.634. The maximum Gasteiger partial charge on any atom is 0.203 e. The van der Waals surface area contributed by atoms with Crippen LogP contribution < -0.4 is 4.74 Å². The van der Waals surface area contributed by atoms with Crippen LogP contribution in [0.25, 0.3) is 0 Å². The molecule has 6 heteroatoms. The molecule has 0 spiro atoms. The summed E-state index contributed by atoms with van der Waals surface area (Å²) in [6.07, 6.45) is 0. The van der Waals surface area contributed by atoms with E-state index in [1.807, 2.05) is 0 Å². The zero-order chi connectivity index (χ0) is 14.7. The highest BCUT2D eigenvalue weighted by molar-refractivity contribution is 5.97. The third kappa shape index (κ3) is 3.14. The molecule has 0 saturated carbocycles. The Balaban J connectivity index is 2.10. The smallest absolute Gasteiger partial charge is 0.203 e. The number of hydrogen-bond donors (Lipinski definition) is 0. The molecule has 0 aliphatic rings. The average Bonchev–Trinajstić information content (AvgIpc) is 2.39. The van der Waals surface area contributed by atoms with Gasteiger partial charge in [-0.1, -0.05) is 0 Å². The fraction of sp³-hybridized carbons (Fsp3) is 0.0714. The van der Waals surface area contributed by atoms with E-state index in [2.05, 4.69) is 0 Å². The molecule has 0 saturated heterocycles. The molecule has 0 N–H and O–H groups in total. The molecule has 104 valence electrons. The molecule has 0 aliphatic heterocycles.